The van der Waals surface area contributed by atoms with Gasteiger partial charge in [0.2, 0.25) is 6.10 Å². The van der Waals surface area contributed by atoms with Crippen LogP contribution in [0.4, 0.5) is 0 Å². The molecule has 11 heteroatoms. The summed E-state index contributed by atoms with van der Waals surface area (Å²) in [4.78, 5) is 59.9. The van der Waals surface area contributed by atoms with Crippen LogP contribution in [-0.2, 0) is 33.4 Å². The number of hydrogen-bond donors (Lipinski definition) is 4. The van der Waals surface area contributed by atoms with Gasteiger partial charge in [0, 0.05) is 0 Å². The lowest BCUT2D eigenvalue weighted by molar-refractivity contribution is -0.195. The number of hydrogen-bond acceptors (Lipinski definition) is 7. The van der Waals surface area contributed by atoms with Crippen LogP contribution in [0.15, 0.2) is 24.3 Å². The Morgan fingerprint density at radius 2 is 1.49 bits per heavy atom. The van der Waals surface area contributed by atoms with Gasteiger partial charge in [0.1, 0.15) is 5.92 Å². The van der Waals surface area contributed by atoms with Crippen molar-refractivity contribution in [3.8, 4) is 0 Å². The second-order valence-electron chi connectivity index (χ2n) is 9.79. The molecule has 5 atom stereocenters. The van der Waals surface area contributed by atoms with Gasteiger partial charge in [-0.25, -0.2) is 9.59 Å². The van der Waals surface area contributed by atoms with E-state index < -0.39 is 65.9 Å². The van der Waals surface area contributed by atoms with Gasteiger partial charge in [-0.15, -0.1) is 0 Å². The Hall–Kier alpha value is -3.21. The molecule has 1 fully saturated rings. The van der Waals surface area contributed by atoms with Crippen LogP contribution in [0.2, 0.25) is 0 Å². The number of carbonyl (C=O) groups is 5. The minimum absolute atomic E-state index is 0.201. The van der Waals surface area contributed by atoms with Crippen LogP contribution in [0.5, 0.6) is 0 Å². The normalized spacial score (nSPS) is 22.6. The Labute approximate surface area is 228 Å². The summed E-state index contributed by atoms with van der Waals surface area (Å²) >= 11 is 0. The lowest BCUT2D eigenvalue weighted by atomic mass is 9.83. The zero-order chi connectivity index (χ0) is 29.4. The average molecular weight is 555 g/mol. The summed E-state index contributed by atoms with van der Waals surface area (Å²) in [5, 5.41) is 38.0. The third kappa shape index (κ3) is 10.8. The van der Waals surface area contributed by atoms with Gasteiger partial charge in [-0.2, -0.15) is 0 Å². The lowest BCUT2D eigenvalue weighted by Gasteiger charge is -2.31. The molecule has 0 bridgehead atoms. The summed E-state index contributed by atoms with van der Waals surface area (Å²) in [6.45, 7) is 3.57. The van der Waals surface area contributed by atoms with Crippen LogP contribution < -0.4 is 0 Å². The Balaban J connectivity index is 2.88. The summed E-state index contributed by atoms with van der Waals surface area (Å²) in [7, 11) is 0. The zero-order valence-corrected chi connectivity index (χ0v) is 22.8. The van der Waals surface area contributed by atoms with Crippen LogP contribution in [0.3, 0.4) is 0 Å². The van der Waals surface area contributed by atoms with E-state index in [4.69, 9.17) is 9.47 Å². The molecule has 5 unspecified atom stereocenters. The lowest BCUT2D eigenvalue weighted by Crippen LogP contribution is -2.52. The Bertz CT molecular complexity index is 894. The minimum atomic E-state index is -2.52. The van der Waals surface area contributed by atoms with Crippen LogP contribution in [0.25, 0.3) is 0 Å². The molecular weight excluding hydrogens is 512 g/mol. The predicted molar refractivity (Wildman–Crippen MR) is 140 cm³/mol. The van der Waals surface area contributed by atoms with Crippen LogP contribution >= 0.6 is 0 Å². The van der Waals surface area contributed by atoms with Crippen molar-refractivity contribution in [2.24, 2.45) is 11.8 Å². The van der Waals surface area contributed by atoms with E-state index in [9.17, 15) is 44.4 Å². The summed E-state index contributed by atoms with van der Waals surface area (Å²) in [6.07, 6.45) is 12.5. The maximum Gasteiger partial charge on any atom is 0.345 e. The molecule has 1 aliphatic rings. The van der Waals surface area contributed by atoms with Crippen LogP contribution in [0, 0.1) is 11.8 Å². The van der Waals surface area contributed by atoms with Gasteiger partial charge in [0.15, 0.2) is 5.60 Å². The molecule has 0 spiro atoms. The third-order valence-corrected chi connectivity index (χ3v) is 6.79. The van der Waals surface area contributed by atoms with Gasteiger partial charge in [0.05, 0.1) is 18.4 Å². The fraction of sp³-hybridized carbons (Fsp3) is 0.679. The smallest absolute Gasteiger partial charge is 0.345 e. The van der Waals surface area contributed by atoms with Crippen LogP contribution in [0.1, 0.15) is 90.9 Å². The van der Waals surface area contributed by atoms with E-state index in [1.54, 1.807) is 12.2 Å². The molecule has 0 aromatic rings. The van der Waals surface area contributed by atoms with Gasteiger partial charge < -0.3 is 29.9 Å². The molecule has 4 N–H and O–H groups in total. The van der Waals surface area contributed by atoms with Crippen molar-refractivity contribution in [3.63, 3.8) is 0 Å². The number of aliphatic carboxylic acids is 4. The standard InChI is InChI=1S/C28H42O11/c1-3-5-6-7-8-9-10-11-12-13-14-15-16-19-17-21(25(33)34)28(39-19,18-22(29)30)27(37)38-23(26(35)36)20(4-2)24(31)32/h11-12,15-16,19-21,23H,3-10,13-14,17-18H2,1-2H3,(H,29,30)(H,31,32)(H,33,34)(H,35,36)/b12-11+,16-15+. The third-order valence-electron chi connectivity index (χ3n) is 6.79. The van der Waals surface area contributed by atoms with Gasteiger partial charge >= 0.3 is 29.8 Å². The van der Waals surface area contributed by atoms with Crippen molar-refractivity contribution in [2.45, 2.75) is 109 Å². The number of rotatable bonds is 20. The molecule has 39 heavy (non-hydrogen) atoms. The highest BCUT2D eigenvalue weighted by atomic mass is 16.6. The molecule has 0 aromatic heterocycles. The number of allylic oxidation sites excluding steroid dienone is 3. The van der Waals surface area contributed by atoms with Gasteiger partial charge in [-0.3, -0.25) is 14.4 Å². The molecule has 11 nitrogen and oxygen atoms in total. The average Bonchev–Trinajstić information content (AvgIpc) is 3.23. The summed E-state index contributed by atoms with van der Waals surface area (Å²) in [5.74, 6) is -11.2. The number of esters is 1. The first-order valence-corrected chi connectivity index (χ1v) is 13.6. The quantitative estimate of drug-likeness (QED) is 0.0947. The second-order valence-corrected chi connectivity index (χ2v) is 9.79. The molecule has 220 valence electrons. The highest BCUT2D eigenvalue weighted by Gasteiger charge is 2.60. The Morgan fingerprint density at radius 1 is 0.872 bits per heavy atom. The number of carbonyl (C=O) groups excluding carboxylic acids is 1. The number of unbranched alkanes of at least 4 members (excludes halogenated alkanes) is 7. The van der Waals surface area contributed by atoms with Crippen LogP contribution in [-0.4, -0.2) is 68.1 Å². The predicted octanol–water partition coefficient (Wildman–Crippen LogP) is 4.44. The Kier molecular flexibility index (Phi) is 15.1. The molecule has 0 aliphatic carbocycles. The number of ether oxygens (including phenoxy) is 2. The SMILES string of the molecule is CCCCCCCC/C=C/CC/C=C/C1CC(C(=O)O)C(CC(=O)O)(C(=O)OC(C(=O)O)C(CC)C(=O)O)O1. The number of carboxylic acid groups (broad SMARTS) is 4. The van der Waals surface area contributed by atoms with E-state index in [1.807, 2.05) is 0 Å². The molecule has 0 radical (unpaired) electrons. The first-order valence-electron chi connectivity index (χ1n) is 13.6. The minimum Gasteiger partial charge on any atom is -0.481 e. The van der Waals surface area contributed by atoms with E-state index in [0.717, 1.165) is 19.3 Å². The summed E-state index contributed by atoms with van der Waals surface area (Å²) in [6, 6.07) is 0. The van der Waals surface area contributed by atoms with Crippen molar-refractivity contribution in [2.75, 3.05) is 0 Å². The van der Waals surface area contributed by atoms with E-state index in [1.165, 1.54) is 39.0 Å². The molecule has 1 rings (SSSR count). The zero-order valence-electron chi connectivity index (χ0n) is 22.8. The molecule has 1 aliphatic heterocycles. The fourth-order valence-corrected chi connectivity index (χ4v) is 4.65. The largest absolute Gasteiger partial charge is 0.481 e. The van der Waals surface area contributed by atoms with E-state index in [2.05, 4.69) is 19.1 Å². The molecule has 1 heterocycles. The van der Waals surface area contributed by atoms with E-state index >= 15 is 0 Å². The topological polar surface area (TPSA) is 185 Å². The molecular formula is C28H42O11. The van der Waals surface area contributed by atoms with Crippen molar-refractivity contribution in [1.29, 1.82) is 0 Å². The highest BCUT2D eigenvalue weighted by Crippen LogP contribution is 2.41. The maximum atomic E-state index is 13.1. The van der Waals surface area contributed by atoms with Crippen molar-refractivity contribution < 1.29 is 53.9 Å². The molecule has 0 amide bonds. The highest BCUT2D eigenvalue weighted by molar-refractivity contribution is 5.93. The molecule has 1 saturated heterocycles. The van der Waals surface area contributed by atoms with Gasteiger partial charge in [0.25, 0.3) is 0 Å². The molecule has 0 saturated carbocycles. The second kappa shape index (κ2) is 17.4. The molecule has 0 aromatic carbocycles. The number of carboxylic acids is 4. The van der Waals surface area contributed by atoms with E-state index in [-0.39, 0.29) is 12.8 Å². The Morgan fingerprint density at radius 3 is 2.05 bits per heavy atom. The van der Waals surface area contributed by atoms with Crippen molar-refractivity contribution in [1.82, 2.24) is 0 Å². The summed E-state index contributed by atoms with van der Waals surface area (Å²) in [5.41, 5.74) is -2.52. The van der Waals surface area contributed by atoms with Crippen molar-refractivity contribution >= 4 is 29.8 Å². The first kappa shape index (κ1) is 33.8. The summed E-state index contributed by atoms with van der Waals surface area (Å²) < 4.78 is 10.6. The fourth-order valence-electron chi connectivity index (χ4n) is 4.65. The monoisotopic (exact) mass is 554 g/mol. The van der Waals surface area contributed by atoms with Gasteiger partial charge in [-0.05, 0) is 38.5 Å². The van der Waals surface area contributed by atoms with E-state index in [0.29, 0.717) is 6.42 Å². The first-order chi connectivity index (χ1) is 18.5. The maximum absolute atomic E-state index is 13.1. The van der Waals surface area contributed by atoms with Gasteiger partial charge in [-0.1, -0.05) is 70.3 Å². The van der Waals surface area contributed by atoms with Crippen molar-refractivity contribution in [3.05, 3.63) is 24.3 Å².